The SMILES string of the molecule is Cc1nc(C(=O)NCc2nc(C(=O)O)cs2)cs1. The Bertz CT molecular complexity index is 591. The summed E-state index contributed by atoms with van der Waals surface area (Å²) in [5.74, 6) is -1.36. The van der Waals surface area contributed by atoms with Crippen LogP contribution < -0.4 is 5.32 Å². The van der Waals surface area contributed by atoms with Gasteiger partial charge in [-0.2, -0.15) is 0 Å². The number of hydrogen-bond donors (Lipinski definition) is 2. The van der Waals surface area contributed by atoms with Gasteiger partial charge in [-0.15, -0.1) is 22.7 Å². The van der Waals surface area contributed by atoms with Gasteiger partial charge in [0.05, 0.1) is 11.6 Å². The molecule has 2 aromatic rings. The Balaban J connectivity index is 1.95. The number of carbonyl (C=O) groups is 2. The number of hydrogen-bond acceptors (Lipinski definition) is 6. The maximum atomic E-state index is 11.7. The second-order valence-electron chi connectivity index (χ2n) is 3.37. The number of nitrogens with one attached hydrogen (secondary N) is 1. The zero-order valence-electron chi connectivity index (χ0n) is 9.34. The molecule has 0 fully saturated rings. The second kappa shape index (κ2) is 5.23. The number of aromatic carboxylic acids is 1. The number of carboxylic acids is 1. The van der Waals surface area contributed by atoms with E-state index in [1.54, 1.807) is 5.38 Å². The van der Waals surface area contributed by atoms with Crippen LogP contribution in [-0.2, 0) is 6.54 Å². The molecule has 0 aromatic carbocycles. The molecule has 0 aliphatic heterocycles. The first-order valence-electron chi connectivity index (χ1n) is 4.94. The van der Waals surface area contributed by atoms with Gasteiger partial charge in [-0.1, -0.05) is 0 Å². The van der Waals surface area contributed by atoms with Gasteiger partial charge in [0.2, 0.25) is 0 Å². The fourth-order valence-corrected chi connectivity index (χ4v) is 2.51. The van der Waals surface area contributed by atoms with Crippen molar-refractivity contribution in [3.8, 4) is 0 Å². The monoisotopic (exact) mass is 283 g/mol. The number of rotatable bonds is 4. The van der Waals surface area contributed by atoms with Crippen LogP contribution in [0.1, 0.15) is 31.0 Å². The highest BCUT2D eigenvalue weighted by molar-refractivity contribution is 7.10. The minimum atomic E-state index is -1.07. The van der Waals surface area contributed by atoms with Crippen LogP contribution in [0.2, 0.25) is 0 Å². The maximum absolute atomic E-state index is 11.7. The zero-order chi connectivity index (χ0) is 13.1. The van der Waals surface area contributed by atoms with Gasteiger partial charge in [0.25, 0.3) is 5.91 Å². The fourth-order valence-electron chi connectivity index (χ4n) is 1.20. The standard InChI is InChI=1S/C10H9N3O3S2/c1-5-12-6(3-17-5)9(14)11-2-8-13-7(4-18-8)10(15)16/h3-4H,2H2,1H3,(H,11,14)(H,15,16). The van der Waals surface area contributed by atoms with Crippen molar-refractivity contribution in [3.05, 3.63) is 32.2 Å². The summed E-state index contributed by atoms with van der Waals surface area (Å²) >= 11 is 2.60. The molecule has 0 aliphatic rings. The molecular formula is C10H9N3O3S2. The number of aryl methyl sites for hydroxylation is 1. The molecule has 0 aliphatic carbocycles. The Kier molecular flexibility index (Phi) is 3.68. The van der Waals surface area contributed by atoms with E-state index in [0.29, 0.717) is 10.7 Å². The lowest BCUT2D eigenvalue weighted by Crippen LogP contribution is -2.23. The Labute approximate surface area is 110 Å². The molecule has 94 valence electrons. The molecule has 6 nitrogen and oxygen atoms in total. The summed E-state index contributed by atoms with van der Waals surface area (Å²) in [6.07, 6.45) is 0. The molecule has 1 amide bonds. The van der Waals surface area contributed by atoms with E-state index in [4.69, 9.17) is 5.11 Å². The third-order valence-corrected chi connectivity index (χ3v) is 3.65. The van der Waals surface area contributed by atoms with Crippen molar-refractivity contribution >= 4 is 34.6 Å². The molecular weight excluding hydrogens is 274 g/mol. The molecule has 0 spiro atoms. The van der Waals surface area contributed by atoms with Crippen LogP contribution >= 0.6 is 22.7 Å². The summed E-state index contributed by atoms with van der Waals surface area (Å²) < 4.78 is 0. The van der Waals surface area contributed by atoms with Gasteiger partial charge < -0.3 is 10.4 Å². The minimum absolute atomic E-state index is 0.00579. The summed E-state index contributed by atoms with van der Waals surface area (Å²) in [5, 5.41) is 15.8. The molecule has 18 heavy (non-hydrogen) atoms. The molecule has 0 saturated carbocycles. The van der Waals surface area contributed by atoms with Gasteiger partial charge in [0, 0.05) is 10.8 Å². The van der Waals surface area contributed by atoms with Crippen LogP contribution in [0.25, 0.3) is 0 Å². The van der Waals surface area contributed by atoms with Crippen molar-refractivity contribution in [2.75, 3.05) is 0 Å². The van der Waals surface area contributed by atoms with E-state index in [-0.39, 0.29) is 18.1 Å². The van der Waals surface area contributed by atoms with Crippen molar-refractivity contribution in [3.63, 3.8) is 0 Å². The van der Waals surface area contributed by atoms with Crippen LogP contribution in [-0.4, -0.2) is 27.0 Å². The van der Waals surface area contributed by atoms with Gasteiger partial charge >= 0.3 is 5.97 Å². The van der Waals surface area contributed by atoms with E-state index >= 15 is 0 Å². The summed E-state index contributed by atoms with van der Waals surface area (Å²) in [6, 6.07) is 0. The number of aromatic nitrogens is 2. The summed E-state index contributed by atoms with van der Waals surface area (Å²) in [6.45, 7) is 2.02. The van der Waals surface area contributed by atoms with Gasteiger partial charge in [0.1, 0.15) is 10.7 Å². The Morgan fingerprint density at radius 1 is 1.28 bits per heavy atom. The van der Waals surface area contributed by atoms with E-state index in [0.717, 1.165) is 5.01 Å². The lowest BCUT2D eigenvalue weighted by molar-refractivity contribution is 0.0691. The molecule has 2 N–H and O–H groups in total. The highest BCUT2D eigenvalue weighted by Gasteiger charge is 2.11. The molecule has 0 bridgehead atoms. The lowest BCUT2D eigenvalue weighted by Gasteiger charge is -1.99. The number of amides is 1. The average molecular weight is 283 g/mol. The predicted octanol–water partition coefficient (Wildman–Crippen LogP) is 1.54. The highest BCUT2D eigenvalue weighted by Crippen LogP contribution is 2.11. The Morgan fingerprint density at radius 2 is 2.00 bits per heavy atom. The molecule has 8 heteroatoms. The van der Waals surface area contributed by atoms with Crippen molar-refractivity contribution in [2.45, 2.75) is 13.5 Å². The van der Waals surface area contributed by atoms with Crippen molar-refractivity contribution in [2.24, 2.45) is 0 Å². The average Bonchev–Trinajstić information content (AvgIpc) is 2.94. The molecule has 0 unspecified atom stereocenters. The first-order chi connectivity index (χ1) is 8.56. The van der Waals surface area contributed by atoms with Crippen molar-refractivity contribution in [1.82, 2.24) is 15.3 Å². The zero-order valence-corrected chi connectivity index (χ0v) is 11.0. The molecule has 2 heterocycles. The van der Waals surface area contributed by atoms with E-state index < -0.39 is 5.97 Å². The van der Waals surface area contributed by atoms with Gasteiger partial charge in [-0.3, -0.25) is 4.79 Å². The number of carbonyl (C=O) groups excluding carboxylic acids is 1. The van der Waals surface area contributed by atoms with Crippen molar-refractivity contribution in [1.29, 1.82) is 0 Å². The predicted molar refractivity (Wildman–Crippen MR) is 67.1 cm³/mol. The highest BCUT2D eigenvalue weighted by atomic mass is 32.1. The largest absolute Gasteiger partial charge is 0.476 e. The normalized spacial score (nSPS) is 10.3. The molecule has 2 aromatic heterocycles. The summed E-state index contributed by atoms with van der Waals surface area (Å²) in [5.41, 5.74) is 0.362. The van der Waals surface area contributed by atoms with E-state index in [9.17, 15) is 9.59 Å². The van der Waals surface area contributed by atoms with E-state index in [1.807, 2.05) is 6.92 Å². The molecule has 0 atom stereocenters. The maximum Gasteiger partial charge on any atom is 0.355 e. The van der Waals surface area contributed by atoms with E-state index in [2.05, 4.69) is 15.3 Å². The molecule has 0 radical (unpaired) electrons. The fraction of sp³-hybridized carbons (Fsp3) is 0.200. The topological polar surface area (TPSA) is 92.2 Å². The number of nitrogens with zero attached hydrogens (tertiary/aromatic N) is 2. The third kappa shape index (κ3) is 2.90. The Hall–Kier alpha value is -1.80. The summed E-state index contributed by atoms with van der Waals surface area (Å²) in [7, 11) is 0. The van der Waals surface area contributed by atoms with E-state index in [1.165, 1.54) is 28.1 Å². The molecule has 0 saturated heterocycles. The van der Waals surface area contributed by atoms with Crippen LogP contribution in [0.4, 0.5) is 0 Å². The number of carboxylic acid groups (broad SMARTS) is 1. The van der Waals surface area contributed by atoms with Gasteiger partial charge in [-0.05, 0) is 6.92 Å². The van der Waals surface area contributed by atoms with Gasteiger partial charge in [-0.25, -0.2) is 14.8 Å². The number of thiazole rings is 2. The van der Waals surface area contributed by atoms with Crippen LogP contribution in [0.5, 0.6) is 0 Å². The summed E-state index contributed by atoms with van der Waals surface area (Å²) in [4.78, 5) is 30.2. The quantitative estimate of drug-likeness (QED) is 0.888. The van der Waals surface area contributed by atoms with Crippen LogP contribution in [0.3, 0.4) is 0 Å². The van der Waals surface area contributed by atoms with Gasteiger partial charge in [0.15, 0.2) is 5.69 Å². The smallest absolute Gasteiger partial charge is 0.355 e. The van der Waals surface area contributed by atoms with Crippen LogP contribution in [0.15, 0.2) is 10.8 Å². The van der Waals surface area contributed by atoms with Crippen molar-refractivity contribution < 1.29 is 14.7 Å². The molecule has 2 rings (SSSR count). The first-order valence-corrected chi connectivity index (χ1v) is 6.70. The minimum Gasteiger partial charge on any atom is -0.476 e. The Morgan fingerprint density at radius 3 is 2.56 bits per heavy atom. The second-order valence-corrected chi connectivity index (χ2v) is 5.37. The first kappa shape index (κ1) is 12.7. The third-order valence-electron chi connectivity index (χ3n) is 2.02. The lowest BCUT2D eigenvalue weighted by atomic mass is 10.4. The van der Waals surface area contributed by atoms with Crippen LogP contribution in [0, 0.1) is 6.92 Å².